The number of fused-ring (bicyclic) bond motifs is 3. The van der Waals surface area contributed by atoms with Crippen molar-refractivity contribution in [3.8, 4) is 5.75 Å². The molecule has 0 aliphatic heterocycles. The van der Waals surface area contributed by atoms with Gasteiger partial charge in [-0.2, -0.15) is 5.10 Å². The molecule has 0 radical (unpaired) electrons. The molecule has 34 heavy (non-hydrogen) atoms. The summed E-state index contributed by atoms with van der Waals surface area (Å²) in [6, 6.07) is 8.50. The fourth-order valence-corrected chi connectivity index (χ4v) is 6.13. The molecule has 5 rings (SSSR count). The lowest BCUT2D eigenvalue weighted by Gasteiger charge is -2.31. The second kappa shape index (κ2) is 9.72. The van der Waals surface area contributed by atoms with Crippen LogP contribution < -0.4 is 10.3 Å². The lowest BCUT2D eigenvalue weighted by Crippen LogP contribution is -2.37. The molecule has 0 saturated heterocycles. The number of rotatable bonds is 8. The van der Waals surface area contributed by atoms with Crippen molar-refractivity contribution in [3.05, 3.63) is 74.9 Å². The van der Waals surface area contributed by atoms with E-state index >= 15 is 0 Å². The minimum absolute atomic E-state index is 0.0915. The fourth-order valence-electron chi connectivity index (χ4n) is 4.89. The Bertz CT molecular complexity index is 1350. The molecule has 178 valence electrons. The molecule has 0 amide bonds. The van der Waals surface area contributed by atoms with Gasteiger partial charge in [0.05, 0.1) is 25.0 Å². The van der Waals surface area contributed by atoms with E-state index in [9.17, 15) is 4.79 Å². The van der Waals surface area contributed by atoms with Gasteiger partial charge in [-0.05, 0) is 68.0 Å². The van der Waals surface area contributed by atoms with Crippen molar-refractivity contribution in [2.24, 2.45) is 7.05 Å². The van der Waals surface area contributed by atoms with Crippen LogP contribution in [-0.2, 0) is 39.3 Å². The molecule has 0 spiro atoms. The standard InChI is InChI=1S/C26H31N5O2S/c1-29(11-9-19-15-28-30(2)16-19)20-7-8-22-23(14-20)34-25-24(22)26(32)31(17-27-25)12-10-18-5-4-6-21(13-18)33-3/h4-6,13,15-17,20H,7-12,14H2,1-3H3. The monoisotopic (exact) mass is 477 g/mol. The number of benzene rings is 1. The number of methoxy groups -OCH3 is 1. The number of ether oxygens (including phenoxy) is 1. The smallest absolute Gasteiger partial charge is 0.262 e. The third-order valence-electron chi connectivity index (χ3n) is 6.92. The number of aromatic nitrogens is 4. The van der Waals surface area contributed by atoms with Crippen LogP contribution in [0.2, 0.25) is 0 Å². The second-order valence-corrected chi connectivity index (χ2v) is 10.3. The average Bonchev–Trinajstić information content (AvgIpc) is 3.44. The van der Waals surface area contributed by atoms with Gasteiger partial charge in [0.25, 0.3) is 5.56 Å². The molecule has 0 fully saturated rings. The third kappa shape index (κ3) is 4.65. The summed E-state index contributed by atoms with van der Waals surface area (Å²) in [4.78, 5) is 22.7. The number of likely N-dealkylation sites (N-methyl/N-ethyl adjacent to an activating group) is 1. The number of thiophene rings is 1. The van der Waals surface area contributed by atoms with E-state index < -0.39 is 0 Å². The summed E-state index contributed by atoms with van der Waals surface area (Å²) >= 11 is 1.70. The molecule has 4 aromatic rings. The molecule has 1 unspecified atom stereocenters. The molecule has 0 N–H and O–H groups in total. The molecule has 3 heterocycles. The number of hydrogen-bond donors (Lipinski definition) is 0. The Morgan fingerprint density at radius 1 is 1.26 bits per heavy atom. The fraction of sp³-hybridized carbons (Fsp3) is 0.423. The third-order valence-corrected chi connectivity index (χ3v) is 8.08. The predicted octanol–water partition coefficient (Wildman–Crippen LogP) is 3.47. The summed E-state index contributed by atoms with van der Waals surface area (Å²) < 4.78 is 8.94. The van der Waals surface area contributed by atoms with Gasteiger partial charge in [-0.15, -0.1) is 11.3 Å². The van der Waals surface area contributed by atoms with Crippen LogP contribution in [0.3, 0.4) is 0 Å². The van der Waals surface area contributed by atoms with Crippen LogP contribution in [0.5, 0.6) is 5.75 Å². The van der Waals surface area contributed by atoms with Crippen molar-refractivity contribution in [2.45, 2.75) is 44.7 Å². The van der Waals surface area contributed by atoms with Gasteiger partial charge in [0.2, 0.25) is 0 Å². The van der Waals surface area contributed by atoms with Crippen LogP contribution in [-0.4, -0.2) is 51.0 Å². The summed E-state index contributed by atoms with van der Waals surface area (Å²) in [5.41, 5.74) is 3.74. The predicted molar refractivity (Wildman–Crippen MR) is 136 cm³/mol. The first kappa shape index (κ1) is 22.8. The van der Waals surface area contributed by atoms with Crippen molar-refractivity contribution >= 4 is 21.6 Å². The first-order chi connectivity index (χ1) is 16.5. The van der Waals surface area contributed by atoms with Crippen LogP contribution in [0.4, 0.5) is 0 Å². The largest absolute Gasteiger partial charge is 0.497 e. The number of aryl methyl sites for hydroxylation is 4. The highest BCUT2D eigenvalue weighted by Crippen LogP contribution is 2.35. The highest BCUT2D eigenvalue weighted by Gasteiger charge is 2.27. The van der Waals surface area contributed by atoms with Gasteiger partial charge in [0, 0.05) is 37.3 Å². The summed E-state index contributed by atoms with van der Waals surface area (Å²) in [5, 5.41) is 5.11. The van der Waals surface area contributed by atoms with Gasteiger partial charge in [0.15, 0.2) is 0 Å². The molecule has 1 atom stereocenters. The molecule has 0 bridgehead atoms. The molecule has 1 aliphatic rings. The lowest BCUT2D eigenvalue weighted by atomic mass is 9.92. The van der Waals surface area contributed by atoms with E-state index in [1.54, 1.807) is 29.3 Å². The molecule has 7 nitrogen and oxygen atoms in total. The summed E-state index contributed by atoms with van der Waals surface area (Å²) in [6.07, 6.45) is 10.5. The second-order valence-electron chi connectivity index (χ2n) is 9.18. The average molecular weight is 478 g/mol. The van der Waals surface area contributed by atoms with Crippen molar-refractivity contribution in [1.29, 1.82) is 0 Å². The van der Waals surface area contributed by atoms with Gasteiger partial charge >= 0.3 is 0 Å². The number of nitrogens with zero attached hydrogens (tertiary/aromatic N) is 5. The van der Waals surface area contributed by atoms with Gasteiger partial charge in [-0.3, -0.25) is 14.0 Å². The Kier molecular flexibility index (Phi) is 6.52. The Labute approximate surface area is 203 Å². The van der Waals surface area contributed by atoms with Gasteiger partial charge in [-0.1, -0.05) is 12.1 Å². The zero-order valence-electron chi connectivity index (χ0n) is 20.0. The first-order valence-corrected chi connectivity index (χ1v) is 12.6. The quantitative estimate of drug-likeness (QED) is 0.389. The van der Waals surface area contributed by atoms with E-state index in [1.165, 1.54) is 16.0 Å². The van der Waals surface area contributed by atoms with Crippen molar-refractivity contribution in [3.63, 3.8) is 0 Å². The van der Waals surface area contributed by atoms with Crippen LogP contribution in [0.15, 0.2) is 47.8 Å². The van der Waals surface area contributed by atoms with Gasteiger partial charge < -0.3 is 9.64 Å². The topological polar surface area (TPSA) is 65.2 Å². The van der Waals surface area contributed by atoms with Crippen LogP contribution in [0, 0.1) is 0 Å². The van der Waals surface area contributed by atoms with Crippen LogP contribution in [0.25, 0.3) is 10.2 Å². The van der Waals surface area contributed by atoms with E-state index in [1.807, 2.05) is 36.1 Å². The molecule has 3 aromatic heterocycles. The van der Waals surface area contributed by atoms with E-state index in [-0.39, 0.29) is 5.56 Å². The first-order valence-electron chi connectivity index (χ1n) is 11.8. The summed E-state index contributed by atoms with van der Waals surface area (Å²) in [6.45, 7) is 1.62. The molecule has 1 aromatic carbocycles. The minimum Gasteiger partial charge on any atom is -0.497 e. The van der Waals surface area contributed by atoms with Gasteiger partial charge in [-0.25, -0.2) is 4.98 Å². The Hall–Kier alpha value is -2.97. The van der Waals surface area contributed by atoms with Gasteiger partial charge in [0.1, 0.15) is 10.6 Å². The van der Waals surface area contributed by atoms with Crippen LogP contribution in [0.1, 0.15) is 28.0 Å². The maximum absolute atomic E-state index is 13.4. The molecular weight excluding hydrogens is 446 g/mol. The lowest BCUT2D eigenvalue weighted by molar-refractivity contribution is 0.226. The van der Waals surface area contributed by atoms with Crippen molar-refractivity contribution in [1.82, 2.24) is 24.2 Å². The zero-order chi connectivity index (χ0) is 23.7. The van der Waals surface area contributed by atoms with E-state index in [0.29, 0.717) is 12.6 Å². The Morgan fingerprint density at radius 2 is 2.15 bits per heavy atom. The SMILES string of the molecule is COc1cccc(CCn2cnc3sc4c(c3c2=O)CCC(N(C)CCc2cnn(C)c2)C4)c1. The molecule has 1 aliphatic carbocycles. The zero-order valence-corrected chi connectivity index (χ0v) is 20.8. The maximum Gasteiger partial charge on any atom is 0.262 e. The normalized spacial score (nSPS) is 15.7. The maximum atomic E-state index is 13.4. The molecule has 0 saturated carbocycles. The minimum atomic E-state index is 0.0915. The van der Waals surface area contributed by atoms with Crippen molar-refractivity contribution < 1.29 is 4.74 Å². The van der Waals surface area contributed by atoms with E-state index in [4.69, 9.17) is 4.74 Å². The molecule has 8 heteroatoms. The highest BCUT2D eigenvalue weighted by molar-refractivity contribution is 7.18. The summed E-state index contributed by atoms with van der Waals surface area (Å²) in [5.74, 6) is 0.838. The Morgan fingerprint density at radius 3 is 2.94 bits per heavy atom. The summed E-state index contributed by atoms with van der Waals surface area (Å²) in [7, 11) is 5.84. The Balaban J connectivity index is 1.29. The van der Waals surface area contributed by atoms with E-state index in [0.717, 1.165) is 60.2 Å². The number of hydrogen-bond acceptors (Lipinski definition) is 6. The molecular formula is C26H31N5O2S. The van der Waals surface area contributed by atoms with E-state index in [2.05, 4.69) is 34.3 Å². The highest BCUT2D eigenvalue weighted by atomic mass is 32.1. The van der Waals surface area contributed by atoms with Crippen molar-refractivity contribution in [2.75, 3.05) is 20.7 Å². The van der Waals surface area contributed by atoms with Crippen LogP contribution >= 0.6 is 11.3 Å².